The lowest BCUT2D eigenvalue weighted by Gasteiger charge is -2.07. The van der Waals surface area contributed by atoms with E-state index in [0.29, 0.717) is 19.5 Å². The molecule has 0 saturated heterocycles. The van der Waals surface area contributed by atoms with Gasteiger partial charge in [-0.15, -0.1) is 0 Å². The molecule has 2 rings (SSSR count). The standard InChI is InChI=1S/C17H23N3O/c1-12-5-7-16(8-6-12)11-17(21)18-9-10-20-15(4)13(2)14(3)19-20/h5-8H,9-11H2,1-4H3,(H,18,21). The zero-order valence-corrected chi connectivity index (χ0v) is 13.2. The minimum Gasteiger partial charge on any atom is -0.354 e. The van der Waals surface area contributed by atoms with E-state index in [9.17, 15) is 4.79 Å². The molecular formula is C17H23N3O. The summed E-state index contributed by atoms with van der Waals surface area (Å²) in [6.45, 7) is 9.49. The van der Waals surface area contributed by atoms with E-state index in [1.165, 1.54) is 16.8 Å². The third kappa shape index (κ3) is 3.94. The second kappa shape index (κ2) is 6.57. The maximum absolute atomic E-state index is 11.9. The summed E-state index contributed by atoms with van der Waals surface area (Å²) in [6, 6.07) is 8.06. The minimum absolute atomic E-state index is 0.0529. The van der Waals surface area contributed by atoms with Crippen molar-refractivity contribution in [1.82, 2.24) is 15.1 Å². The van der Waals surface area contributed by atoms with Crippen molar-refractivity contribution in [3.8, 4) is 0 Å². The number of nitrogens with zero attached hydrogens (tertiary/aromatic N) is 2. The van der Waals surface area contributed by atoms with E-state index >= 15 is 0 Å². The van der Waals surface area contributed by atoms with Crippen LogP contribution in [-0.4, -0.2) is 22.2 Å². The number of nitrogens with one attached hydrogen (secondary N) is 1. The molecule has 112 valence electrons. The van der Waals surface area contributed by atoms with Gasteiger partial charge in [-0.25, -0.2) is 0 Å². The van der Waals surface area contributed by atoms with Crippen LogP contribution in [0.25, 0.3) is 0 Å². The van der Waals surface area contributed by atoms with Crippen LogP contribution in [0.3, 0.4) is 0 Å². The third-order valence-corrected chi connectivity index (χ3v) is 3.87. The number of hydrogen-bond donors (Lipinski definition) is 1. The number of hydrogen-bond acceptors (Lipinski definition) is 2. The molecule has 0 aliphatic rings. The van der Waals surface area contributed by atoms with Crippen molar-refractivity contribution in [1.29, 1.82) is 0 Å². The van der Waals surface area contributed by atoms with Crippen LogP contribution >= 0.6 is 0 Å². The Hall–Kier alpha value is -2.10. The van der Waals surface area contributed by atoms with Gasteiger partial charge < -0.3 is 5.32 Å². The lowest BCUT2D eigenvalue weighted by molar-refractivity contribution is -0.120. The molecule has 0 spiro atoms. The van der Waals surface area contributed by atoms with Gasteiger partial charge >= 0.3 is 0 Å². The van der Waals surface area contributed by atoms with Gasteiger partial charge in [0.25, 0.3) is 0 Å². The average molecular weight is 285 g/mol. The monoisotopic (exact) mass is 285 g/mol. The highest BCUT2D eigenvalue weighted by atomic mass is 16.1. The van der Waals surface area contributed by atoms with Crippen molar-refractivity contribution in [2.45, 2.75) is 40.7 Å². The van der Waals surface area contributed by atoms with Gasteiger partial charge in [-0.1, -0.05) is 29.8 Å². The summed E-state index contributed by atoms with van der Waals surface area (Å²) in [5.41, 5.74) is 5.69. The summed E-state index contributed by atoms with van der Waals surface area (Å²) in [5, 5.41) is 7.42. The van der Waals surface area contributed by atoms with Crippen molar-refractivity contribution in [3.05, 3.63) is 52.3 Å². The molecule has 0 unspecified atom stereocenters. The molecule has 4 heteroatoms. The molecule has 21 heavy (non-hydrogen) atoms. The van der Waals surface area contributed by atoms with E-state index in [2.05, 4.69) is 24.3 Å². The van der Waals surface area contributed by atoms with Crippen molar-refractivity contribution in [2.75, 3.05) is 6.54 Å². The number of aryl methyl sites for hydroxylation is 2. The van der Waals surface area contributed by atoms with Gasteiger partial charge in [0.1, 0.15) is 0 Å². The zero-order valence-electron chi connectivity index (χ0n) is 13.2. The van der Waals surface area contributed by atoms with Crippen LogP contribution in [0.15, 0.2) is 24.3 Å². The van der Waals surface area contributed by atoms with Gasteiger partial charge in [0, 0.05) is 12.2 Å². The maximum Gasteiger partial charge on any atom is 0.224 e. The van der Waals surface area contributed by atoms with Crippen LogP contribution in [-0.2, 0) is 17.8 Å². The molecule has 0 fully saturated rings. The molecule has 1 N–H and O–H groups in total. The number of carbonyl (C=O) groups excluding carboxylic acids is 1. The van der Waals surface area contributed by atoms with Gasteiger partial charge in [0.05, 0.1) is 18.7 Å². The second-order valence-corrected chi connectivity index (χ2v) is 5.53. The Labute approximate surface area is 126 Å². The highest BCUT2D eigenvalue weighted by molar-refractivity contribution is 5.78. The Bertz CT molecular complexity index is 626. The number of benzene rings is 1. The van der Waals surface area contributed by atoms with E-state index in [4.69, 9.17) is 0 Å². The average Bonchev–Trinajstić information content (AvgIpc) is 2.69. The first-order valence-corrected chi connectivity index (χ1v) is 7.30. The molecule has 1 amide bonds. The molecule has 0 atom stereocenters. The third-order valence-electron chi connectivity index (χ3n) is 3.87. The molecule has 0 bridgehead atoms. The van der Waals surface area contributed by atoms with Gasteiger partial charge in [0.2, 0.25) is 5.91 Å². The van der Waals surface area contributed by atoms with Crippen LogP contribution in [0.2, 0.25) is 0 Å². The molecule has 0 radical (unpaired) electrons. The summed E-state index contributed by atoms with van der Waals surface area (Å²) < 4.78 is 1.96. The molecule has 1 aromatic carbocycles. The molecule has 0 saturated carbocycles. The number of aromatic nitrogens is 2. The predicted molar refractivity (Wildman–Crippen MR) is 84.3 cm³/mol. The Morgan fingerprint density at radius 2 is 1.81 bits per heavy atom. The highest BCUT2D eigenvalue weighted by Crippen LogP contribution is 2.10. The number of rotatable bonds is 5. The molecular weight excluding hydrogens is 262 g/mol. The summed E-state index contributed by atoms with van der Waals surface area (Å²) in [6.07, 6.45) is 0.427. The van der Waals surface area contributed by atoms with E-state index in [0.717, 1.165) is 11.3 Å². The molecule has 0 aliphatic heterocycles. The predicted octanol–water partition coefficient (Wildman–Crippen LogP) is 2.48. The molecule has 0 aliphatic carbocycles. The Morgan fingerprint density at radius 1 is 1.14 bits per heavy atom. The first-order chi connectivity index (χ1) is 9.97. The zero-order chi connectivity index (χ0) is 15.4. The van der Waals surface area contributed by atoms with Crippen LogP contribution in [0, 0.1) is 27.7 Å². The SMILES string of the molecule is Cc1ccc(CC(=O)NCCn2nc(C)c(C)c2C)cc1. The second-order valence-electron chi connectivity index (χ2n) is 5.53. The van der Waals surface area contributed by atoms with E-state index in [-0.39, 0.29) is 5.91 Å². The summed E-state index contributed by atoms with van der Waals surface area (Å²) in [4.78, 5) is 11.9. The first kappa shape index (κ1) is 15.3. The first-order valence-electron chi connectivity index (χ1n) is 7.30. The lowest BCUT2D eigenvalue weighted by Crippen LogP contribution is -2.29. The van der Waals surface area contributed by atoms with Crippen LogP contribution < -0.4 is 5.32 Å². The Morgan fingerprint density at radius 3 is 2.38 bits per heavy atom. The van der Waals surface area contributed by atoms with Gasteiger partial charge in [0.15, 0.2) is 0 Å². The van der Waals surface area contributed by atoms with Crippen molar-refractivity contribution < 1.29 is 4.79 Å². The lowest BCUT2D eigenvalue weighted by atomic mass is 10.1. The fourth-order valence-corrected chi connectivity index (χ4v) is 2.26. The van der Waals surface area contributed by atoms with E-state index < -0.39 is 0 Å². The molecule has 1 aromatic heterocycles. The Kier molecular flexibility index (Phi) is 4.78. The van der Waals surface area contributed by atoms with E-state index in [1.807, 2.05) is 42.8 Å². The van der Waals surface area contributed by atoms with Crippen molar-refractivity contribution in [3.63, 3.8) is 0 Å². The van der Waals surface area contributed by atoms with Gasteiger partial charge in [-0.3, -0.25) is 9.48 Å². The summed E-state index contributed by atoms with van der Waals surface area (Å²) in [5.74, 6) is 0.0529. The van der Waals surface area contributed by atoms with Gasteiger partial charge in [-0.05, 0) is 38.8 Å². The fraction of sp³-hybridized carbons (Fsp3) is 0.412. The fourth-order valence-electron chi connectivity index (χ4n) is 2.26. The van der Waals surface area contributed by atoms with Crippen LogP contribution in [0.4, 0.5) is 0 Å². The topological polar surface area (TPSA) is 46.9 Å². The molecule has 1 heterocycles. The van der Waals surface area contributed by atoms with Crippen LogP contribution in [0.1, 0.15) is 28.1 Å². The van der Waals surface area contributed by atoms with Crippen LogP contribution in [0.5, 0.6) is 0 Å². The van der Waals surface area contributed by atoms with E-state index in [1.54, 1.807) is 0 Å². The Balaban J connectivity index is 1.81. The van der Waals surface area contributed by atoms with Gasteiger partial charge in [-0.2, -0.15) is 5.10 Å². The molecule has 2 aromatic rings. The summed E-state index contributed by atoms with van der Waals surface area (Å²) in [7, 11) is 0. The number of carbonyl (C=O) groups is 1. The molecule has 4 nitrogen and oxygen atoms in total. The highest BCUT2D eigenvalue weighted by Gasteiger charge is 2.07. The van der Waals surface area contributed by atoms with Crippen molar-refractivity contribution >= 4 is 5.91 Å². The summed E-state index contributed by atoms with van der Waals surface area (Å²) >= 11 is 0. The quantitative estimate of drug-likeness (QED) is 0.917. The largest absolute Gasteiger partial charge is 0.354 e. The minimum atomic E-state index is 0.0529. The smallest absolute Gasteiger partial charge is 0.224 e. The maximum atomic E-state index is 11.9. The van der Waals surface area contributed by atoms with Crippen molar-refractivity contribution in [2.24, 2.45) is 0 Å². The normalized spacial score (nSPS) is 10.7. The number of amides is 1.